The van der Waals surface area contributed by atoms with E-state index in [1.54, 1.807) is 49.3 Å². The van der Waals surface area contributed by atoms with Crippen LogP contribution in [0.4, 0.5) is 0 Å². The number of carbonyl (C=O) groups is 1. The molecule has 1 aromatic carbocycles. The number of thiocarbonyl (C=S) groups is 1. The Balaban J connectivity index is 2.45. The first-order valence-electron chi connectivity index (χ1n) is 5.08. The number of carbonyl (C=O) groups excluding carboxylic acids is 1. The van der Waals surface area contributed by atoms with Crippen molar-refractivity contribution in [1.82, 2.24) is 9.80 Å². The van der Waals surface area contributed by atoms with Gasteiger partial charge in [-0.3, -0.25) is 9.69 Å². The third-order valence-corrected chi connectivity index (χ3v) is 3.24. The van der Waals surface area contributed by atoms with Crippen LogP contribution in [0.1, 0.15) is 5.56 Å². The smallest absolute Gasteiger partial charge is 0.276 e. The summed E-state index contributed by atoms with van der Waals surface area (Å²) in [4.78, 5) is 14.9. The Labute approximate surface area is 105 Å². The fourth-order valence-corrected chi connectivity index (χ4v) is 1.83. The van der Waals surface area contributed by atoms with Crippen LogP contribution in [0.2, 0.25) is 0 Å². The minimum atomic E-state index is -0.166. The van der Waals surface area contributed by atoms with Crippen LogP contribution in [0.25, 0.3) is 6.08 Å². The Bertz CT molecular complexity index is 525. The molecular weight excluding hydrogens is 236 g/mol. The van der Waals surface area contributed by atoms with Crippen molar-refractivity contribution in [3.05, 3.63) is 35.5 Å². The van der Waals surface area contributed by atoms with Gasteiger partial charge in [-0.15, -0.1) is 0 Å². The predicted octanol–water partition coefficient (Wildman–Crippen LogP) is 1.42. The number of nitrogens with zero attached hydrogens (tertiary/aromatic N) is 2. The zero-order valence-corrected chi connectivity index (χ0v) is 10.4. The molecule has 1 aliphatic heterocycles. The van der Waals surface area contributed by atoms with Crippen LogP contribution < -0.4 is 0 Å². The number of hydrogen-bond acceptors (Lipinski definition) is 3. The Hall–Kier alpha value is -1.88. The van der Waals surface area contributed by atoms with Crippen molar-refractivity contribution < 1.29 is 9.90 Å². The van der Waals surface area contributed by atoms with Crippen molar-refractivity contribution in [3.8, 4) is 5.75 Å². The fourth-order valence-electron chi connectivity index (χ4n) is 1.65. The van der Waals surface area contributed by atoms with Gasteiger partial charge in [0, 0.05) is 19.7 Å². The lowest BCUT2D eigenvalue weighted by molar-refractivity contribution is -0.121. The van der Waals surface area contributed by atoms with E-state index < -0.39 is 0 Å². The molecule has 1 aromatic rings. The zero-order valence-electron chi connectivity index (χ0n) is 9.54. The summed E-state index contributed by atoms with van der Waals surface area (Å²) in [6, 6.07) is 6.85. The van der Waals surface area contributed by atoms with Gasteiger partial charge in [0.05, 0.1) is 0 Å². The van der Waals surface area contributed by atoms with E-state index in [-0.39, 0.29) is 11.7 Å². The van der Waals surface area contributed by atoms with Gasteiger partial charge in [0.2, 0.25) is 0 Å². The first-order chi connectivity index (χ1) is 8.02. The minimum absolute atomic E-state index is 0.140. The molecule has 5 heteroatoms. The first kappa shape index (κ1) is 11.6. The number of aromatic hydroxyl groups is 1. The monoisotopic (exact) mass is 248 g/mol. The van der Waals surface area contributed by atoms with Gasteiger partial charge in [0.15, 0.2) is 5.11 Å². The van der Waals surface area contributed by atoms with Crippen molar-refractivity contribution in [2.75, 3.05) is 14.1 Å². The second-order valence-corrected chi connectivity index (χ2v) is 4.16. The highest BCUT2D eigenvalue weighted by Gasteiger charge is 2.32. The van der Waals surface area contributed by atoms with Crippen molar-refractivity contribution in [1.29, 1.82) is 0 Å². The van der Waals surface area contributed by atoms with Crippen LogP contribution in [0.15, 0.2) is 30.0 Å². The van der Waals surface area contributed by atoms with E-state index in [9.17, 15) is 9.90 Å². The Morgan fingerprint density at radius 2 is 1.88 bits per heavy atom. The molecule has 0 spiro atoms. The predicted molar refractivity (Wildman–Crippen MR) is 69.2 cm³/mol. The summed E-state index contributed by atoms with van der Waals surface area (Å²) in [5, 5.41) is 10.1. The van der Waals surface area contributed by atoms with Gasteiger partial charge < -0.3 is 10.0 Å². The number of likely N-dealkylation sites (N-methyl/N-ethyl adjacent to an activating group) is 2. The molecule has 2 rings (SSSR count). The fraction of sp³-hybridized carbons (Fsp3) is 0.167. The molecule has 1 fully saturated rings. The molecule has 1 amide bonds. The van der Waals surface area contributed by atoms with Gasteiger partial charge in [-0.1, -0.05) is 18.2 Å². The highest BCUT2D eigenvalue weighted by molar-refractivity contribution is 7.80. The number of para-hydroxylation sites is 1. The molecule has 1 saturated heterocycles. The quantitative estimate of drug-likeness (QED) is 0.603. The lowest BCUT2D eigenvalue weighted by atomic mass is 10.1. The van der Waals surface area contributed by atoms with Crippen LogP contribution in [0, 0.1) is 0 Å². The standard InChI is InChI=1S/C12H12N2O2S/c1-13-9(11(16)14(2)12(13)17)7-8-5-3-4-6-10(8)15/h3-7,15H,1-2H3/b9-7+. The zero-order chi connectivity index (χ0) is 12.6. The molecule has 0 aliphatic carbocycles. The summed E-state index contributed by atoms with van der Waals surface area (Å²) >= 11 is 5.10. The maximum Gasteiger partial charge on any atom is 0.276 e. The molecule has 17 heavy (non-hydrogen) atoms. The van der Waals surface area contributed by atoms with Crippen molar-refractivity contribution in [2.24, 2.45) is 0 Å². The number of phenolic OH excluding ortho intramolecular Hbond substituents is 1. The highest BCUT2D eigenvalue weighted by Crippen LogP contribution is 2.24. The molecule has 1 heterocycles. The van der Waals surface area contributed by atoms with Gasteiger partial charge in [-0.25, -0.2) is 0 Å². The molecule has 0 saturated carbocycles. The van der Waals surface area contributed by atoms with E-state index in [1.165, 1.54) is 4.90 Å². The number of hydrogen-bond donors (Lipinski definition) is 1. The van der Waals surface area contributed by atoms with Crippen LogP contribution >= 0.6 is 12.2 Å². The van der Waals surface area contributed by atoms with Crippen molar-refractivity contribution in [2.45, 2.75) is 0 Å². The summed E-state index contributed by atoms with van der Waals surface area (Å²) in [6.07, 6.45) is 1.63. The van der Waals surface area contributed by atoms with Crippen LogP contribution in [-0.4, -0.2) is 40.0 Å². The molecule has 4 nitrogen and oxygen atoms in total. The maximum absolute atomic E-state index is 11.9. The normalized spacial score (nSPS) is 18.4. The van der Waals surface area contributed by atoms with Crippen LogP contribution in [0.3, 0.4) is 0 Å². The lowest BCUT2D eigenvalue weighted by Crippen LogP contribution is -2.26. The summed E-state index contributed by atoms with van der Waals surface area (Å²) in [7, 11) is 3.36. The molecule has 1 aliphatic rings. The molecule has 0 bridgehead atoms. The number of amides is 1. The topological polar surface area (TPSA) is 43.8 Å². The summed E-state index contributed by atoms with van der Waals surface area (Å²) in [5.41, 5.74) is 1.06. The number of phenols is 1. The molecule has 0 radical (unpaired) electrons. The average molecular weight is 248 g/mol. The molecular formula is C12H12N2O2S. The highest BCUT2D eigenvalue weighted by atomic mass is 32.1. The van der Waals surface area contributed by atoms with E-state index >= 15 is 0 Å². The lowest BCUT2D eigenvalue weighted by Gasteiger charge is -2.11. The SMILES string of the molecule is CN1C(=O)/C(=C\c2ccccc2O)N(C)C1=S. The van der Waals surface area contributed by atoms with Crippen molar-refractivity contribution in [3.63, 3.8) is 0 Å². The van der Waals surface area contributed by atoms with Crippen LogP contribution in [-0.2, 0) is 4.79 Å². The van der Waals surface area contributed by atoms with Gasteiger partial charge in [-0.2, -0.15) is 0 Å². The Morgan fingerprint density at radius 1 is 1.24 bits per heavy atom. The summed E-state index contributed by atoms with van der Waals surface area (Å²) in [6.45, 7) is 0. The molecule has 0 aromatic heterocycles. The molecule has 0 atom stereocenters. The second kappa shape index (κ2) is 4.18. The van der Waals surface area contributed by atoms with Gasteiger partial charge in [-0.05, 0) is 24.4 Å². The molecule has 88 valence electrons. The Kier molecular flexibility index (Phi) is 2.85. The van der Waals surface area contributed by atoms with Crippen LogP contribution in [0.5, 0.6) is 5.75 Å². The first-order valence-corrected chi connectivity index (χ1v) is 5.48. The van der Waals surface area contributed by atoms with Crippen molar-refractivity contribution >= 4 is 29.3 Å². The largest absolute Gasteiger partial charge is 0.507 e. The van der Waals surface area contributed by atoms with Gasteiger partial charge >= 0.3 is 0 Å². The third kappa shape index (κ3) is 1.89. The van der Waals surface area contributed by atoms with Gasteiger partial charge in [0.25, 0.3) is 5.91 Å². The second-order valence-electron chi connectivity index (χ2n) is 3.79. The van der Waals surface area contributed by atoms with E-state index in [2.05, 4.69) is 0 Å². The third-order valence-electron chi connectivity index (χ3n) is 2.69. The molecule has 0 unspecified atom stereocenters. The van der Waals surface area contributed by atoms with Gasteiger partial charge in [0.1, 0.15) is 11.4 Å². The average Bonchev–Trinajstić information content (AvgIpc) is 2.50. The molecule has 1 N–H and O–H groups in total. The number of rotatable bonds is 1. The van der Waals surface area contributed by atoms with E-state index in [0.717, 1.165) is 0 Å². The minimum Gasteiger partial charge on any atom is -0.507 e. The maximum atomic E-state index is 11.9. The summed E-state index contributed by atoms with van der Waals surface area (Å²) in [5.74, 6) is -0.0255. The van der Waals surface area contributed by atoms with E-state index in [0.29, 0.717) is 16.4 Å². The van der Waals surface area contributed by atoms with E-state index in [1.807, 2.05) is 0 Å². The number of benzene rings is 1. The summed E-state index contributed by atoms with van der Waals surface area (Å²) < 4.78 is 0. The Morgan fingerprint density at radius 3 is 2.41 bits per heavy atom. The van der Waals surface area contributed by atoms with E-state index in [4.69, 9.17) is 12.2 Å².